The lowest BCUT2D eigenvalue weighted by Crippen LogP contribution is -2.36. The molecule has 0 bridgehead atoms. The predicted molar refractivity (Wildman–Crippen MR) is 79.3 cm³/mol. The van der Waals surface area contributed by atoms with Crippen molar-refractivity contribution in [2.24, 2.45) is 11.8 Å². The normalized spacial score (nSPS) is 16.2. The number of nitrogens with one attached hydrogen (secondary N) is 1. The van der Waals surface area contributed by atoms with Gasteiger partial charge in [-0.2, -0.15) is 0 Å². The summed E-state index contributed by atoms with van der Waals surface area (Å²) in [5.74, 6) is -1.38. The van der Waals surface area contributed by atoms with Gasteiger partial charge in [0.1, 0.15) is 6.04 Å². The van der Waals surface area contributed by atoms with E-state index in [1.165, 1.54) is 6.33 Å². The van der Waals surface area contributed by atoms with Crippen molar-refractivity contribution in [3.63, 3.8) is 0 Å². The van der Waals surface area contributed by atoms with Crippen molar-refractivity contribution in [2.45, 2.75) is 32.7 Å². The lowest BCUT2D eigenvalue weighted by molar-refractivity contribution is -0.125. The van der Waals surface area contributed by atoms with E-state index in [0.29, 0.717) is 23.5 Å². The zero-order valence-electron chi connectivity index (χ0n) is 12.6. The van der Waals surface area contributed by atoms with Gasteiger partial charge in [-0.1, -0.05) is 13.8 Å². The summed E-state index contributed by atoms with van der Waals surface area (Å²) in [6.07, 6.45) is 3.79. The van der Waals surface area contributed by atoms with Gasteiger partial charge in [0.15, 0.2) is 11.6 Å². The van der Waals surface area contributed by atoms with Crippen molar-refractivity contribution in [1.82, 2.24) is 14.9 Å². The number of hydrogen-bond donors (Lipinski definition) is 1. The van der Waals surface area contributed by atoms with E-state index in [0.717, 1.165) is 25.0 Å². The minimum atomic E-state index is -0.935. The first kappa shape index (κ1) is 14.9. The molecule has 1 atom stereocenters. The maximum absolute atomic E-state index is 13.5. The molecule has 3 rings (SSSR count). The number of amides is 1. The largest absolute Gasteiger partial charge is 0.354 e. The molecule has 1 fully saturated rings. The molecule has 0 saturated heterocycles. The van der Waals surface area contributed by atoms with Gasteiger partial charge in [0.2, 0.25) is 5.91 Å². The molecule has 1 heterocycles. The zero-order valence-corrected chi connectivity index (χ0v) is 12.6. The van der Waals surface area contributed by atoms with Crippen molar-refractivity contribution >= 4 is 16.9 Å². The van der Waals surface area contributed by atoms with E-state index >= 15 is 0 Å². The second-order valence-electron chi connectivity index (χ2n) is 6.28. The Morgan fingerprint density at radius 2 is 2.05 bits per heavy atom. The van der Waals surface area contributed by atoms with E-state index in [1.54, 1.807) is 4.57 Å². The number of imidazole rings is 1. The summed E-state index contributed by atoms with van der Waals surface area (Å²) in [6, 6.07) is 1.66. The average Bonchev–Trinajstić information content (AvgIpc) is 3.21. The fourth-order valence-corrected chi connectivity index (χ4v) is 2.67. The first-order chi connectivity index (χ1) is 10.5. The van der Waals surface area contributed by atoms with Crippen LogP contribution in [0.3, 0.4) is 0 Å². The highest BCUT2D eigenvalue weighted by molar-refractivity contribution is 5.84. The molecule has 2 aromatic rings. The maximum atomic E-state index is 13.5. The van der Waals surface area contributed by atoms with Crippen LogP contribution >= 0.6 is 0 Å². The molecule has 1 aromatic heterocycles. The van der Waals surface area contributed by atoms with E-state index < -0.39 is 17.7 Å². The fraction of sp³-hybridized carbons (Fsp3) is 0.500. The van der Waals surface area contributed by atoms with Gasteiger partial charge in [-0.05, 0) is 24.7 Å². The minimum Gasteiger partial charge on any atom is -0.354 e. The van der Waals surface area contributed by atoms with Crippen LogP contribution in [0, 0.1) is 23.5 Å². The second-order valence-corrected chi connectivity index (χ2v) is 6.28. The topological polar surface area (TPSA) is 46.9 Å². The summed E-state index contributed by atoms with van der Waals surface area (Å²) < 4.78 is 28.4. The Kier molecular flexibility index (Phi) is 3.85. The summed E-state index contributed by atoms with van der Waals surface area (Å²) >= 11 is 0. The van der Waals surface area contributed by atoms with Crippen LogP contribution in [-0.2, 0) is 4.79 Å². The number of fused-ring (bicyclic) bond motifs is 1. The Labute approximate surface area is 127 Å². The Hall–Kier alpha value is -1.98. The summed E-state index contributed by atoms with van der Waals surface area (Å²) in [5, 5.41) is 2.95. The Bertz CT molecular complexity index is 707. The SMILES string of the molecule is CC(C)[C@H](C(=O)NCC1CC1)n1cnc2cc(F)c(F)cc21. The molecule has 1 aromatic carbocycles. The van der Waals surface area contributed by atoms with Crippen LogP contribution in [0.1, 0.15) is 32.7 Å². The lowest BCUT2D eigenvalue weighted by Gasteiger charge is -2.22. The van der Waals surface area contributed by atoms with Crippen LogP contribution in [0.15, 0.2) is 18.5 Å². The van der Waals surface area contributed by atoms with Crippen LogP contribution in [0.4, 0.5) is 8.78 Å². The fourth-order valence-electron chi connectivity index (χ4n) is 2.67. The highest BCUT2D eigenvalue weighted by Gasteiger charge is 2.28. The molecule has 118 valence electrons. The van der Waals surface area contributed by atoms with Crippen LogP contribution in [0.25, 0.3) is 11.0 Å². The Morgan fingerprint density at radius 3 is 2.68 bits per heavy atom. The molecule has 0 unspecified atom stereocenters. The predicted octanol–water partition coefficient (Wildman–Crippen LogP) is 3.04. The molecule has 22 heavy (non-hydrogen) atoms. The number of aromatic nitrogens is 2. The van der Waals surface area contributed by atoms with Gasteiger partial charge in [0, 0.05) is 18.7 Å². The second kappa shape index (κ2) is 5.66. The summed E-state index contributed by atoms with van der Waals surface area (Å²) in [6.45, 7) is 4.53. The Balaban J connectivity index is 1.93. The van der Waals surface area contributed by atoms with Gasteiger partial charge in [-0.3, -0.25) is 4.79 Å². The van der Waals surface area contributed by atoms with E-state index in [4.69, 9.17) is 0 Å². The maximum Gasteiger partial charge on any atom is 0.243 e. The standard InChI is InChI=1S/C16H19F2N3O/c1-9(2)15(16(22)19-7-10-3-4-10)21-8-20-13-5-11(17)12(18)6-14(13)21/h5-6,8-10,15H,3-4,7H2,1-2H3,(H,19,22)/t15-/m1/s1. The number of hydrogen-bond acceptors (Lipinski definition) is 2. The summed E-state index contributed by atoms with van der Waals surface area (Å²) in [4.78, 5) is 16.6. The van der Waals surface area contributed by atoms with Crippen LogP contribution in [0.5, 0.6) is 0 Å². The van der Waals surface area contributed by atoms with E-state index in [2.05, 4.69) is 10.3 Å². The third-order valence-electron chi connectivity index (χ3n) is 4.08. The highest BCUT2D eigenvalue weighted by Crippen LogP contribution is 2.29. The van der Waals surface area contributed by atoms with Crippen molar-refractivity contribution < 1.29 is 13.6 Å². The van der Waals surface area contributed by atoms with Crippen molar-refractivity contribution in [3.8, 4) is 0 Å². The first-order valence-electron chi connectivity index (χ1n) is 7.56. The third-order valence-corrected chi connectivity index (χ3v) is 4.08. The van der Waals surface area contributed by atoms with Crippen molar-refractivity contribution in [3.05, 3.63) is 30.1 Å². The molecule has 4 nitrogen and oxygen atoms in total. The molecule has 1 amide bonds. The van der Waals surface area contributed by atoms with Gasteiger partial charge < -0.3 is 9.88 Å². The number of nitrogens with zero attached hydrogens (tertiary/aromatic N) is 2. The molecule has 1 aliphatic carbocycles. The third kappa shape index (κ3) is 2.82. The lowest BCUT2D eigenvalue weighted by atomic mass is 10.0. The molecular formula is C16H19F2N3O. The first-order valence-corrected chi connectivity index (χ1v) is 7.56. The molecule has 0 aliphatic heterocycles. The Morgan fingerprint density at radius 1 is 1.36 bits per heavy atom. The van der Waals surface area contributed by atoms with Gasteiger partial charge in [-0.15, -0.1) is 0 Å². The molecule has 6 heteroatoms. The molecule has 0 radical (unpaired) electrons. The number of halogens is 2. The quantitative estimate of drug-likeness (QED) is 0.923. The van der Waals surface area contributed by atoms with Crippen LogP contribution in [0.2, 0.25) is 0 Å². The highest BCUT2D eigenvalue weighted by atomic mass is 19.2. The van der Waals surface area contributed by atoms with Gasteiger partial charge >= 0.3 is 0 Å². The smallest absolute Gasteiger partial charge is 0.243 e. The van der Waals surface area contributed by atoms with Crippen molar-refractivity contribution in [2.75, 3.05) is 6.54 Å². The molecule has 1 saturated carbocycles. The zero-order chi connectivity index (χ0) is 15.9. The molecule has 0 spiro atoms. The summed E-state index contributed by atoms with van der Waals surface area (Å²) in [5.41, 5.74) is 0.777. The average molecular weight is 307 g/mol. The number of carbonyl (C=O) groups excluding carboxylic acids is 1. The van der Waals surface area contributed by atoms with Crippen molar-refractivity contribution in [1.29, 1.82) is 0 Å². The van der Waals surface area contributed by atoms with Gasteiger partial charge in [0.05, 0.1) is 17.4 Å². The monoisotopic (exact) mass is 307 g/mol. The minimum absolute atomic E-state index is 0.00437. The van der Waals surface area contributed by atoms with Crippen LogP contribution < -0.4 is 5.32 Å². The number of rotatable bonds is 5. The van der Waals surface area contributed by atoms with E-state index in [-0.39, 0.29) is 11.8 Å². The van der Waals surface area contributed by atoms with E-state index in [9.17, 15) is 13.6 Å². The van der Waals surface area contributed by atoms with Gasteiger partial charge in [-0.25, -0.2) is 13.8 Å². The summed E-state index contributed by atoms with van der Waals surface area (Å²) in [7, 11) is 0. The van der Waals surface area contributed by atoms with E-state index in [1.807, 2.05) is 13.8 Å². The van der Waals surface area contributed by atoms with Gasteiger partial charge in [0.25, 0.3) is 0 Å². The molecule has 1 N–H and O–H groups in total. The number of benzene rings is 1. The molecule has 1 aliphatic rings. The number of carbonyl (C=O) groups is 1. The molecular weight excluding hydrogens is 288 g/mol. The van der Waals surface area contributed by atoms with Crippen LogP contribution in [-0.4, -0.2) is 22.0 Å².